The van der Waals surface area contributed by atoms with Crippen LogP contribution in [-0.2, 0) is 11.3 Å². The van der Waals surface area contributed by atoms with Crippen molar-refractivity contribution in [3.8, 4) is 0 Å². The lowest BCUT2D eigenvalue weighted by molar-refractivity contribution is -0.125. The van der Waals surface area contributed by atoms with Gasteiger partial charge in [0.2, 0.25) is 5.91 Å². The molecule has 0 aromatic carbocycles. The molecule has 2 amide bonds. The normalized spacial score (nSPS) is 16.5. The highest BCUT2D eigenvalue weighted by Gasteiger charge is 2.35. The predicted octanol–water partition coefficient (Wildman–Crippen LogP) is 1.60. The summed E-state index contributed by atoms with van der Waals surface area (Å²) in [4.78, 5) is 41.9. The fourth-order valence-corrected chi connectivity index (χ4v) is 3.04. The number of carbonyl (C=O) groups is 3. The van der Waals surface area contributed by atoms with Crippen LogP contribution < -0.4 is 5.32 Å². The summed E-state index contributed by atoms with van der Waals surface area (Å²) in [7, 11) is 0. The molecule has 1 aliphatic rings. The summed E-state index contributed by atoms with van der Waals surface area (Å²) in [5.41, 5.74) is 0.454. The zero-order valence-electron chi connectivity index (χ0n) is 14.3. The molecule has 1 fully saturated rings. The third-order valence-electron chi connectivity index (χ3n) is 4.37. The van der Waals surface area contributed by atoms with Gasteiger partial charge in [0.1, 0.15) is 17.5 Å². The average Bonchev–Trinajstić information content (AvgIpc) is 3.30. The van der Waals surface area contributed by atoms with Gasteiger partial charge in [-0.25, -0.2) is 9.78 Å². The van der Waals surface area contributed by atoms with E-state index in [0.717, 1.165) is 6.42 Å². The Morgan fingerprint density at radius 2 is 2.15 bits per heavy atom. The molecule has 1 atom stereocenters. The number of aromatic carboxylic acids is 1. The van der Waals surface area contributed by atoms with Crippen LogP contribution in [0.4, 0.5) is 0 Å². The number of hydrogen-bond donors (Lipinski definition) is 2. The van der Waals surface area contributed by atoms with Crippen molar-refractivity contribution in [1.82, 2.24) is 15.2 Å². The second-order valence-electron chi connectivity index (χ2n) is 6.09. The Morgan fingerprint density at radius 3 is 2.81 bits per heavy atom. The van der Waals surface area contributed by atoms with E-state index >= 15 is 0 Å². The lowest BCUT2D eigenvalue weighted by atomic mass is 10.1. The van der Waals surface area contributed by atoms with Crippen molar-refractivity contribution >= 4 is 17.8 Å². The van der Waals surface area contributed by atoms with Crippen LogP contribution in [0, 0.1) is 6.92 Å². The Kier molecular flexibility index (Phi) is 5.01. The molecule has 0 spiro atoms. The van der Waals surface area contributed by atoms with Crippen LogP contribution in [0.2, 0.25) is 0 Å². The lowest BCUT2D eigenvalue weighted by Gasteiger charge is -2.23. The molecule has 0 aliphatic carbocycles. The van der Waals surface area contributed by atoms with Crippen molar-refractivity contribution in [1.29, 1.82) is 0 Å². The lowest BCUT2D eigenvalue weighted by Crippen LogP contribution is -2.46. The van der Waals surface area contributed by atoms with E-state index in [2.05, 4.69) is 10.3 Å². The molecule has 26 heavy (non-hydrogen) atoms. The standard InChI is InChI=1S/C18H19N3O5/c1-11-13(18(24)25)6-7-14(20-11)17(23)21-8-2-5-15(21)16(22)19-10-12-4-3-9-26-12/h3-4,6-7,9,15H,2,5,8,10H2,1H3,(H,19,22)(H,24,25). The number of rotatable bonds is 5. The van der Waals surface area contributed by atoms with Gasteiger partial charge in [-0.3, -0.25) is 9.59 Å². The molecule has 1 aliphatic heterocycles. The van der Waals surface area contributed by atoms with Crippen molar-refractivity contribution in [2.75, 3.05) is 6.54 Å². The first kappa shape index (κ1) is 17.7. The molecule has 0 radical (unpaired) electrons. The number of hydrogen-bond acceptors (Lipinski definition) is 5. The number of pyridine rings is 1. The van der Waals surface area contributed by atoms with E-state index in [1.165, 1.54) is 30.2 Å². The van der Waals surface area contributed by atoms with Gasteiger partial charge < -0.3 is 19.7 Å². The van der Waals surface area contributed by atoms with Gasteiger partial charge in [0, 0.05) is 6.54 Å². The number of carbonyl (C=O) groups excluding carboxylic acids is 2. The van der Waals surface area contributed by atoms with E-state index in [4.69, 9.17) is 9.52 Å². The van der Waals surface area contributed by atoms with Crippen LogP contribution in [-0.4, -0.2) is 45.4 Å². The minimum Gasteiger partial charge on any atom is -0.478 e. The first-order valence-corrected chi connectivity index (χ1v) is 8.29. The van der Waals surface area contributed by atoms with E-state index in [9.17, 15) is 14.4 Å². The predicted molar refractivity (Wildman–Crippen MR) is 90.5 cm³/mol. The molecule has 8 heteroatoms. The Bertz CT molecular complexity index is 831. The number of aromatic nitrogens is 1. The Balaban J connectivity index is 1.70. The molecule has 0 bridgehead atoms. The molecule has 3 heterocycles. The first-order chi connectivity index (χ1) is 12.5. The van der Waals surface area contributed by atoms with Crippen LogP contribution >= 0.6 is 0 Å². The van der Waals surface area contributed by atoms with Gasteiger partial charge in [-0.1, -0.05) is 0 Å². The van der Waals surface area contributed by atoms with E-state index in [-0.39, 0.29) is 35.3 Å². The van der Waals surface area contributed by atoms with Gasteiger partial charge in [0.05, 0.1) is 24.1 Å². The highest BCUT2D eigenvalue weighted by Crippen LogP contribution is 2.20. The third kappa shape index (κ3) is 3.58. The Hall–Kier alpha value is -3.16. The summed E-state index contributed by atoms with van der Waals surface area (Å²) in [6.07, 6.45) is 2.82. The van der Waals surface area contributed by atoms with Crippen molar-refractivity contribution in [3.05, 3.63) is 53.2 Å². The number of furan rings is 1. The van der Waals surface area contributed by atoms with E-state index in [0.29, 0.717) is 18.7 Å². The van der Waals surface area contributed by atoms with Crippen molar-refractivity contribution < 1.29 is 23.9 Å². The minimum atomic E-state index is -1.09. The van der Waals surface area contributed by atoms with E-state index in [1.54, 1.807) is 12.1 Å². The summed E-state index contributed by atoms with van der Waals surface area (Å²) in [6.45, 7) is 2.26. The number of aryl methyl sites for hydroxylation is 1. The van der Waals surface area contributed by atoms with Crippen molar-refractivity contribution in [3.63, 3.8) is 0 Å². The minimum absolute atomic E-state index is 0.0516. The molecule has 136 valence electrons. The van der Waals surface area contributed by atoms with E-state index in [1.807, 2.05) is 0 Å². The van der Waals surface area contributed by atoms with Crippen LogP contribution in [0.25, 0.3) is 0 Å². The smallest absolute Gasteiger partial charge is 0.337 e. The maximum Gasteiger partial charge on any atom is 0.337 e. The number of likely N-dealkylation sites (tertiary alicyclic amines) is 1. The molecule has 1 saturated heterocycles. The zero-order chi connectivity index (χ0) is 18.7. The summed E-state index contributed by atoms with van der Waals surface area (Å²) >= 11 is 0. The second-order valence-corrected chi connectivity index (χ2v) is 6.09. The van der Waals surface area contributed by atoms with Gasteiger partial charge in [-0.15, -0.1) is 0 Å². The largest absolute Gasteiger partial charge is 0.478 e. The van der Waals surface area contributed by atoms with Gasteiger partial charge in [-0.05, 0) is 44.0 Å². The number of carboxylic acids is 1. The maximum absolute atomic E-state index is 12.7. The third-order valence-corrected chi connectivity index (χ3v) is 4.37. The summed E-state index contributed by atoms with van der Waals surface area (Å²) in [5, 5.41) is 11.8. The first-order valence-electron chi connectivity index (χ1n) is 8.29. The van der Waals surface area contributed by atoms with Crippen LogP contribution in [0.5, 0.6) is 0 Å². The van der Waals surface area contributed by atoms with Crippen LogP contribution in [0.15, 0.2) is 34.9 Å². The van der Waals surface area contributed by atoms with Crippen LogP contribution in [0.1, 0.15) is 45.1 Å². The Labute approximate surface area is 149 Å². The number of carboxylic acid groups (broad SMARTS) is 1. The Morgan fingerprint density at radius 1 is 1.35 bits per heavy atom. The van der Waals surface area contributed by atoms with E-state index < -0.39 is 12.0 Å². The van der Waals surface area contributed by atoms with Gasteiger partial charge in [-0.2, -0.15) is 0 Å². The van der Waals surface area contributed by atoms with Gasteiger partial charge in [0.15, 0.2) is 0 Å². The fraction of sp³-hybridized carbons (Fsp3) is 0.333. The van der Waals surface area contributed by atoms with Gasteiger partial charge >= 0.3 is 5.97 Å². The van der Waals surface area contributed by atoms with Gasteiger partial charge in [0.25, 0.3) is 5.91 Å². The molecule has 0 saturated carbocycles. The number of nitrogens with zero attached hydrogens (tertiary/aromatic N) is 2. The second kappa shape index (κ2) is 7.38. The van der Waals surface area contributed by atoms with Crippen LogP contribution in [0.3, 0.4) is 0 Å². The summed E-state index contributed by atoms with van der Waals surface area (Å²) < 4.78 is 5.18. The molecule has 1 unspecified atom stereocenters. The summed E-state index contributed by atoms with van der Waals surface area (Å²) in [6, 6.07) is 5.67. The molecular formula is C18H19N3O5. The molecule has 2 N–H and O–H groups in total. The zero-order valence-corrected chi connectivity index (χ0v) is 14.3. The summed E-state index contributed by atoms with van der Waals surface area (Å²) in [5.74, 6) is -1.08. The van der Waals surface area contributed by atoms with Crippen molar-refractivity contribution in [2.45, 2.75) is 32.4 Å². The number of nitrogens with one attached hydrogen (secondary N) is 1. The molecule has 2 aromatic rings. The maximum atomic E-state index is 12.7. The average molecular weight is 357 g/mol. The quantitative estimate of drug-likeness (QED) is 0.840. The highest BCUT2D eigenvalue weighted by molar-refractivity contribution is 5.97. The fourth-order valence-electron chi connectivity index (χ4n) is 3.04. The SMILES string of the molecule is Cc1nc(C(=O)N2CCCC2C(=O)NCc2ccco2)ccc1C(=O)O. The number of amides is 2. The molecule has 8 nitrogen and oxygen atoms in total. The monoisotopic (exact) mass is 357 g/mol. The molecule has 3 rings (SSSR count). The molecule has 2 aromatic heterocycles. The molecular weight excluding hydrogens is 338 g/mol. The van der Waals surface area contributed by atoms with Crippen molar-refractivity contribution in [2.24, 2.45) is 0 Å². The topological polar surface area (TPSA) is 113 Å². The highest BCUT2D eigenvalue weighted by atomic mass is 16.4.